The zero-order valence-corrected chi connectivity index (χ0v) is 20.9. The van der Waals surface area contributed by atoms with Crippen LogP contribution < -0.4 is 4.90 Å². The number of carbonyl (C=O) groups excluding carboxylic acids is 2. The molecule has 0 bridgehead atoms. The average molecular weight is 544 g/mol. The molecule has 0 unspecified atom stereocenters. The maximum Gasteiger partial charge on any atom is 0.417 e. The summed E-state index contributed by atoms with van der Waals surface area (Å²) in [7, 11) is 0. The number of nitrogens with zero attached hydrogens (tertiary/aromatic N) is 2. The van der Waals surface area contributed by atoms with Gasteiger partial charge in [-0.15, -0.1) is 0 Å². The minimum atomic E-state index is -1.84. The van der Waals surface area contributed by atoms with Crippen molar-refractivity contribution in [3.8, 4) is 0 Å². The summed E-state index contributed by atoms with van der Waals surface area (Å²) in [5.41, 5.74) is -2.17. The van der Waals surface area contributed by atoms with Crippen LogP contribution in [0.5, 0.6) is 0 Å². The lowest BCUT2D eigenvalue weighted by atomic mass is 9.88. The minimum absolute atomic E-state index is 0.159. The van der Waals surface area contributed by atoms with Crippen molar-refractivity contribution in [1.29, 1.82) is 0 Å². The first kappa shape index (κ1) is 24.6. The van der Waals surface area contributed by atoms with Gasteiger partial charge in [-0.2, -0.15) is 0 Å². The van der Waals surface area contributed by atoms with Crippen LogP contribution in [0.15, 0.2) is 46.9 Å². The summed E-state index contributed by atoms with van der Waals surface area (Å²) in [6.45, 7) is 6.42. The van der Waals surface area contributed by atoms with Gasteiger partial charge in [0.15, 0.2) is 10.7 Å². The normalized spacial score (nSPS) is 20.0. The molecule has 0 aromatic heterocycles. The molecule has 0 aliphatic carbocycles. The predicted molar refractivity (Wildman–Crippen MR) is 127 cm³/mol. The number of aliphatic hydroxyl groups excluding tert-OH is 1. The van der Waals surface area contributed by atoms with E-state index >= 15 is 0 Å². The van der Waals surface area contributed by atoms with Gasteiger partial charge in [0.1, 0.15) is 17.5 Å². The van der Waals surface area contributed by atoms with E-state index in [1.807, 2.05) is 0 Å². The molecule has 170 valence electrons. The van der Waals surface area contributed by atoms with Crippen LogP contribution >= 0.6 is 39.7 Å². The van der Waals surface area contributed by atoms with Crippen molar-refractivity contribution in [2.75, 3.05) is 4.90 Å². The van der Waals surface area contributed by atoms with Crippen molar-refractivity contribution in [3.05, 3.63) is 63.3 Å². The highest BCUT2D eigenvalue weighted by molar-refractivity contribution is 9.10. The van der Waals surface area contributed by atoms with Crippen molar-refractivity contribution >= 4 is 62.5 Å². The third-order valence-electron chi connectivity index (χ3n) is 4.94. The van der Waals surface area contributed by atoms with E-state index in [-0.39, 0.29) is 15.8 Å². The van der Waals surface area contributed by atoms with Gasteiger partial charge in [0, 0.05) is 4.47 Å². The Morgan fingerprint density at radius 2 is 1.84 bits per heavy atom. The Kier molecular flexibility index (Phi) is 6.68. The third kappa shape index (κ3) is 4.39. The molecule has 2 aromatic rings. The van der Waals surface area contributed by atoms with Crippen molar-refractivity contribution in [2.45, 2.75) is 44.9 Å². The largest absolute Gasteiger partial charge is 0.443 e. The number of anilines is 1. The second kappa shape index (κ2) is 8.70. The van der Waals surface area contributed by atoms with E-state index in [1.165, 1.54) is 19.1 Å². The second-order valence-corrected chi connectivity index (χ2v) is 10.1. The average Bonchev–Trinajstić information content (AvgIpc) is 2.89. The molecule has 3 rings (SSSR count). The fourth-order valence-electron chi connectivity index (χ4n) is 3.34. The highest BCUT2D eigenvalue weighted by Crippen LogP contribution is 2.42. The van der Waals surface area contributed by atoms with Crippen molar-refractivity contribution in [1.82, 2.24) is 4.90 Å². The van der Waals surface area contributed by atoms with Gasteiger partial charge in [0.05, 0.1) is 10.7 Å². The number of benzene rings is 2. The lowest BCUT2D eigenvalue weighted by molar-refractivity contribution is -0.130. The van der Waals surface area contributed by atoms with Gasteiger partial charge in [0.25, 0.3) is 5.91 Å². The Morgan fingerprint density at radius 1 is 1.25 bits per heavy atom. The highest BCUT2D eigenvalue weighted by Gasteiger charge is 2.60. The van der Waals surface area contributed by atoms with E-state index in [2.05, 4.69) is 15.9 Å². The first-order valence-electron chi connectivity index (χ1n) is 9.57. The molecular weight excluding hydrogens is 523 g/mol. The maximum absolute atomic E-state index is 13.7. The van der Waals surface area contributed by atoms with Gasteiger partial charge in [-0.05, 0) is 75.8 Å². The third-order valence-corrected chi connectivity index (χ3v) is 6.12. The van der Waals surface area contributed by atoms with E-state index in [4.69, 9.17) is 28.6 Å². The van der Waals surface area contributed by atoms with Crippen LogP contribution in [-0.2, 0) is 9.53 Å². The summed E-state index contributed by atoms with van der Waals surface area (Å²) in [6.07, 6.45) is -2.35. The summed E-state index contributed by atoms with van der Waals surface area (Å²) in [4.78, 5) is 28.8. The van der Waals surface area contributed by atoms with Crippen LogP contribution in [0.2, 0.25) is 5.02 Å². The second-order valence-electron chi connectivity index (χ2n) is 8.44. The lowest BCUT2D eigenvalue weighted by Crippen LogP contribution is -2.55. The van der Waals surface area contributed by atoms with E-state index < -0.39 is 35.1 Å². The smallest absolute Gasteiger partial charge is 0.417 e. The summed E-state index contributed by atoms with van der Waals surface area (Å²) in [6, 6.07) is 10.3. The van der Waals surface area contributed by atoms with Crippen LogP contribution in [0.3, 0.4) is 0 Å². The molecule has 2 amide bonds. The fourth-order valence-corrected chi connectivity index (χ4v) is 4.24. The Labute approximate surface area is 204 Å². The molecule has 0 saturated carbocycles. The standard InChI is InChI=1S/C22H21BrClFN2O4S/c1-21(2,3)31-20(30)27-19(32)26(14-9-10-16(25)15(24)11-14)18(29)22(27,4)17(28)12-5-7-13(23)8-6-12/h5-11,17,28H,1-4H3/t17-,22+/m0/s1. The molecule has 1 aliphatic heterocycles. The van der Waals surface area contributed by atoms with Gasteiger partial charge in [-0.25, -0.2) is 14.1 Å². The number of hydrogen-bond donors (Lipinski definition) is 1. The van der Waals surface area contributed by atoms with Crippen molar-refractivity contribution in [2.24, 2.45) is 0 Å². The quantitative estimate of drug-likeness (QED) is 0.510. The summed E-state index contributed by atoms with van der Waals surface area (Å²) in [5, 5.41) is 10.8. The molecule has 1 saturated heterocycles. The van der Waals surface area contributed by atoms with Crippen molar-refractivity contribution in [3.63, 3.8) is 0 Å². The van der Waals surface area contributed by atoms with Crippen LogP contribution in [0.25, 0.3) is 0 Å². The number of halogens is 3. The fraction of sp³-hybridized carbons (Fsp3) is 0.318. The van der Waals surface area contributed by atoms with E-state index in [0.717, 1.165) is 20.3 Å². The minimum Gasteiger partial charge on any atom is -0.443 e. The zero-order chi connectivity index (χ0) is 24.0. The van der Waals surface area contributed by atoms with E-state index in [1.54, 1.807) is 45.0 Å². The number of amides is 2. The number of thiocarbonyl (C=S) groups is 1. The summed E-state index contributed by atoms with van der Waals surface area (Å²) in [5.74, 6) is -1.36. The topological polar surface area (TPSA) is 70.1 Å². The monoisotopic (exact) mass is 542 g/mol. The number of rotatable bonds is 3. The molecule has 10 heteroatoms. The SMILES string of the molecule is CC(C)(C)OC(=O)N1C(=S)N(c2ccc(F)c(Cl)c2)C(=O)[C@@]1(C)[C@@H](O)c1ccc(Br)cc1. The van der Waals surface area contributed by atoms with Gasteiger partial charge in [-0.1, -0.05) is 39.7 Å². The lowest BCUT2D eigenvalue weighted by Gasteiger charge is -2.36. The van der Waals surface area contributed by atoms with E-state index in [0.29, 0.717) is 5.56 Å². The molecule has 0 spiro atoms. The molecule has 1 aliphatic rings. The molecule has 1 fully saturated rings. The highest BCUT2D eigenvalue weighted by atomic mass is 79.9. The van der Waals surface area contributed by atoms with Crippen LogP contribution in [0.1, 0.15) is 39.4 Å². The molecule has 6 nitrogen and oxygen atoms in total. The molecular formula is C22H21BrClFN2O4S. The maximum atomic E-state index is 13.7. The van der Waals surface area contributed by atoms with Crippen LogP contribution in [-0.4, -0.2) is 38.3 Å². The predicted octanol–water partition coefficient (Wildman–Crippen LogP) is 5.60. The molecule has 2 aromatic carbocycles. The Hall–Kier alpha value is -2.07. The molecule has 32 heavy (non-hydrogen) atoms. The number of hydrogen-bond acceptors (Lipinski definition) is 5. The van der Waals surface area contributed by atoms with Crippen molar-refractivity contribution < 1.29 is 23.8 Å². The number of aliphatic hydroxyl groups is 1. The summed E-state index contributed by atoms with van der Waals surface area (Å²) >= 11 is 14.7. The van der Waals surface area contributed by atoms with Crippen LogP contribution in [0.4, 0.5) is 14.9 Å². The molecule has 1 heterocycles. The number of ether oxygens (including phenoxy) is 1. The first-order valence-corrected chi connectivity index (χ1v) is 11.2. The van der Waals surface area contributed by atoms with E-state index in [9.17, 15) is 19.1 Å². The Balaban J connectivity index is 2.14. The Bertz CT molecular complexity index is 1090. The van der Waals surface area contributed by atoms with Gasteiger partial charge < -0.3 is 9.84 Å². The summed E-state index contributed by atoms with van der Waals surface area (Å²) < 4.78 is 20.0. The molecule has 1 N–H and O–H groups in total. The Morgan fingerprint density at radius 3 is 2.38 bits per heavy atom. The van der Waals surface area contributed by atoms with Crippen LogP contribution in [0, 0.1) is 5.82 Å². The molecule has 0 radical (unpaired) electrons. The first-order chi connectivity index (χ1) is 14.8. The van der Waals surface area contributed by atoms with Gasteiger partial charge >= 0.3 is 6.09 Å². The van der Waals surface area contributed by atoms with Gasteiger partial charge in [-0.3, -0.25) is 9.69 Å². The zero-order valence-electron chi connectivity index (χ0n) is 17.7. The molecule has 2 atom stereocenters. The number of carbonyl (C=O) groups is 2. The van der Waals surface area contributed by atoms with Gasteiger partial charge in [0.2, 0.25) is 0 Å².